The van der Waals surface area contributed by atoms with Gasteiger partial charge in [-0.25, -0.2) is 4.79 Å². The van der Waals surface area contributed by atoms with Crippen LogP contribution < -0.4 is 10.6 Å². The molecule has 6 heteroatoms. The molecule has 1 aromatic rings. The summed E-state index contributed by atoms with van der Waals surface area (Å²) in [5.41, 5.74) is 1.07. The highest BCUT2D eigenvalue weighted by atomic mass is 32.1. The number of carboxylic acids is 1. The first-order valence-corrected chi connectivity index (χ1v) is 7.36. The zero-order valence-corrected chi connectivity index (χ0v) is 11.4. The Hall–Kier alpha value is -1.56. The Kier molecular flexibility index (Phi) is 4.79. The fourth-order valence-corrected chi connectivity index (χ4v) is 3.14. The van der Waals surface area contributed by atoms with Crippen molar-refractivity contribution in [3.05, 3.63) is 22.4 Å². The van der Waals surface area contributed by atoms with Gasteiger partial charge in [0.2, 0.25) is 0 Å². The molecule has 1 aliphatic rings. The van der Waals surface area contributed by atoms with E-state index >= 15 is 0 Å². The van der Waals surface area contributed by atoms with Crippen molar-refractivity contribution in [2.75, 3.05) is 6.54 Å². The highest BCUT2D eigenvalue weighted by Crippen LogP contribution is 2.31. The predicted octanol–water partition coefficient (Wildman–Crippen LogP) is 2.05. The molecule has 1 heterocycles. The highest BCUT2D eigenvalue weighted by Gasteiger charge is 2.32. The summed E-state index contributed by atoms with van der Waals surface area (Å²) in [5, 5.41) is 18.5. The molecular weight excluding hydrogens is 264 g/mol. The molecule has 5 nitrogen and oxygen atoms in total. The Balaban J connectivity index is 1.70. The molecule has 2 unspecified atom stereocenters. The van der Waals surface area contributed by atoms with Crippen LogP contribution in [0.15, 0.2) is 16.8 Å². The number of hydrogen-bond acceptors (Lipinski definition) is 3. The number of amides is 2. The van der Waals surface area contributed by atoms with Gasteiger partial charge in [-0.2, -0.15) is 11.3 Å². The third kappa shape index (κ3) is 3.96. The standard InChI is InChI=1S/C13H18N2O3S/c16-12(17)11-3-1-2-10(11)7-15-13(18)14-6-9-4-5-19-8-9/h4-5,8,10-11H,1-3,6-7H2,(H,16,17)(H2,14,15,18). The second-order valence-electron chi connectivity index (χ2n) is 4.83. The zero-order valence-electron chi connectivity index (χ0n) is 10.6. The van der Waals surface area contributed by atoms with Crippen LogP contribution >= 0.6 is 11.3 Å². The Bertz CT molecular complexity index is 433. The van der Waals surface area contributed by atoms with E-state index in [4.69, 9.17) is 5.11 Å². The van der Waals surface area contributed by atoms with Gasteiger partial charge in [0.15, 0.2) is 0 Å². The lowest BCUT2D eigenvalue weighted by Crippen LogP contribution is -2.39. The number of carboxylic acid groups (broad SMARTS) is 1. The van der Waals surface area contributed by atoms with E-state index < -0.39 is 5.97 Å². The van der Waals surface area contributed by atoms with Gasteiger partial charge in [0.1, 0.15) is 0 Å². The summed E-state index contributed by atoms with van der Waals surface area (Å²) in [6.07, 6.45) is 2.53. The number of carbonyl (C=O) groups is 2. The number of hydrogen-bond donors (Lipinski definition) is 3. The number of nitrogens with one attached hydrogen (secondary N) is 2. The summed E-state index contributed by atoms with van der Waals surface area (Å²) >= 11 is 1.59. The summed E-state index contributed by atoms with van der Waals surface area (Å²) in [5.74, 6) is -0.996. The predicted molar refractivity (Wildman–Crippen MR) is 73.0 cm³/mol. The molecule has 1 aliphatic carbocycles. The van der Waals surface area contributed by atoms with Crippen LogP contribution in [-0.4, -0.2) is 23.7 Å². The molecule has 0 spiro atoms. The summed E-state index contributed by atoms with van der Waals surface area (Å²) in [7, 11) is 0. The van der Waals surface area contributed by atoms with E-state index in [9.17, 15) is 9.59 Å². The van der Waals surface area contributed by atoms with Crippen molar-refractivity contribution in [1.29, 1.82) is 0 Å². The second-order valence-corrected chi connectivity index (χ2v) is 5.61. The summed E-state index contributed by atoms with van der Waals surface area (Å²) < 4.78 is 0. The molecule has 0 saturated heterocycles. The quantitative estimate of drug-likeness (QED) is 0.773. The molecule has 1 saturated carbocycles. The third-order valence-electron chi connectivity index (χ3n) is 3.53. The number of aliphatic carboxylic acids is 1. The zero-order chi connectivity index (χ0) is 13.7. The molecule has 1 aromatic heterocycles. The van der Waals surface area contributed by atoms with E-state index in [1.165, 1.54) is 0 Å². The largest absolute Gasteiger partial charge is 0.481 e. The SMILES string of the molecule is O=C(NCc1ccsc1)NCC1CCCC1C(=O)O. The fraction of sp³-hybridized carbons (Fsp3) is 0.538. The molecule has 2 atom stereocenters. The van der Waals surface area contributed by atoms with Gasteiger partial charge in [-0.15, -0.1) is 0 Å². The van der Waals surface area contributed by atoms with E-state index in [0.29, 0.717) is 13.1 Å². The van der Waals surface area contributed by atoms with Gasteiger partial charge < -0.3 is 15.7 Å². The molecule has 0 aliphatic heterocycles. The molecule has 0 bridgehead atoms. The van der Waals surface area contributed by atoms with Crippen LogP contribution in [0, 0.1) is 11.8 Å². The molecule has 2 amide bonds. The Morgan fingerprint density at radius 3 is 2.89 bits per heavy atom. The summed E-state index contributed by atoms with van der Waals surface area (Å²) in [4.78, 5) is 22.6. The van der Waals surface area contributed by atoms with Crippen LogP contribution in [0.4, 0.5) is 4.79 Å². The van der Waals surface area contributed by atoms with Gasteiger partial charge in [-0.3, -0.25) is 4.79 Å². The fourth-order valence-electron chi connectivity index (χ4n) is 2.47. The highest BCUT2D eigenvalue weighted by molar-refractivity contribution is 7.07. The van der Waals surface area contributed by atoms with Crippen molar-refractivity contribution in [2.45, 2.75) is 25.8 Å². The first kappa shape index (κ1) is 13.9. The third-order valence-corrected chi connectivity index (χ3v) is 4.27. The average molecular weight is 282 g/mol. The van der Waals surface area contributed by atoms with Gasteiger partial charge in [0.25, 0.3) is 0 Å². The molecule has 104 valence electrons. The van der Waals surface area contributed by atoms with Crippen molar-refractivity contribution in [2.24, 2.45) is 11.8 Å². The minimum atomic E-state index is -0.747. The van der Waals surface area contributed by atoms with Gasteiger partial charge in [0.05, 0.1) is 5.92 Å². The lowest BCUT2D eigenvalue weighted by molar-refractivity contribution is -0.142. The van der Waals surface area contributed by atoms with Crippen LogP contribution in [0.25, 0.3) is 0 Å². The minimum absolute atomic E-state index is 0.0596. The van der Waals surface area contributed by atoms with Crippen molar-refractivity contribution in [3.63, 3.8) is 0 Å². The van der Waals surface area contributed by atoms with Crippen molar-refractivity contribution >= 4 is 23.3 Å². The van der Waals surface area contributed by atoms with E-state index in [1.807, 2.05) is 16.8 Å². The van der Waals surface area contributed by atoms with E-state index in [-0.39, 0.29) is 17.9 Å². The van der Waals surface area contributed by atoms with Crippen molar-refractivity contribution in [3.8, 4) is 0 Å². The number of rotatable bonds is 5. The van der Waals surface area contributed by atoms with Crippen LogP contribution in [0.5, 0.6) is 0 Å². The lowest BCUT2D eigenvalue weighted by Gasteiger charge is -2.16. The first-order valence-electron chi connectivity index (χ1n) is 6.42. The molecular formula is C13H18N2O3S. The first-order chi connectivity index (χ1) is 9.16. The van der Waals surface area contributed by atoms with Crippen LogP contribution in [-0.2, 0) is 11.3 Å². The maximum Gasteiger partial charge on any atom is 0.315 e. The maximum atomic E-state index is 11.6. The average Bonchev–Trinajstić information content (AvgIpc) is 3.04. The molecule has 0 aromatic carbocycles. The van der Waals surface area contributed by atoms with Gasteiger partial charge >= 0.3 is 12.0 Å². The van der Waals surface area contributed by atoms with Crippen LogP contribution in [0.3, 0.4) is 0 Å². The van der Waals surface area contributed by atoms with Gasteiger partial charge in [0, 0.05) is 13.1 Å². The minimum Gasteiger partial charge on any atom is -0.481 e. The topological polar surface area (TPSA) is 78.4 Å². The molecule has 3 N–H and O–H groups in total. The smallest absolute Gasteiger partial charge is 0.315 e. The lowest BCUT2D eigenvalue weighted by atomic mass is 9.96. The van der Waals surface area contributed by atoms with Crippen LogP contribution in [0.2, 0.25) is 0 Å². The second kappa shape index (κ2) is 6.56. The number of thiophene rings is 1. The molecule has 1 fully saturated rings. The Labute approximate surface area is 116 Å². The normalized spacial score (nSPS) is 22.1. The maximum absolute atomic E-state index is 11.6. The van der Waals surface area contributed by atoms with Crippen LogP contribution in [0.1, 0.15) is 24.8 Å². The summed E-state index contributed by atoms with van der Waals surface area (Å²) in [6, 6.07) is 1.73. The Morgan fingerprint density at radius 2 is 2.21 bits per heavy atom. The van der Waals surface area contributed by atoms with Gasteiger partial charge in [-0.1, -0.05) is 6.42 Å². The monoisotopic (exact) mass is 282 g/mol. The Morgan fingerprint density at radius 1 is 1.37 bits per heavy atom. The molecule has 0 radical (unpaired) electrons. The summed E-state index contributed by atoms with van der Waals surface area (Å²) in [6.45, 7) is 0.939. The van der Waals surface area contributed by atoms with E-state index in [2.05, 4.69) is 10.6 Å². The number of carbonyl (C=O) groups excluding carboxylic acids is 1. The van der Waals surface area contributed by atoms with Crippen molar-refractivity contribution in [1.82, 2.24) is 10.6 Å². The molecule has 19 heavy (non-hydrogen) atoms. The van der Waals surface area contributed by atoms with E-state index in [1.54, 1.807) is 11.3 Å². The molecule has 2 rings (SSSR count). The van der Waals surface area contributed by atoms with Crippen molar-refractivity contribution < 1.29 is 14.7 Å². The van der Waals surface area contributed by atoms with E-state index in [0.717, 1.165) is 24.8 Å². The van der Waals surface area contributed by atoms with Gasteiger partial charge in [-0.05, 0) is 41.1 Å². The number of urea groups is 1.